The summed E-state index contributed by atoms with van der Waals surface area (Å²) >= 11 is 5.89. The largest absolute Gasteiger partial charge is 0.350 e. The molecule has 8 heteroatoms. The van der Waals surface area contributed by atoms with Gasteiger partial charge in [0.05, 0.1) is 6.54 Å². The van der Waals surface area contributed by atoms with Gasteiger partial charge in [0.1, 0.15) is 17.3 Å². The first kappa shape index (κ1) is 12.5. The minimum absolute atomic E-state index is 0.212. The van der Waals surface area contributed by atoms with Crippen LogP contribution in [0.5, 0.6) is 0 Å². The summed E-state index contributed by atoms with van der Waals surface area (Å²) < 4.78 is 29.3. The van der Waals surface area contributed by atoms with Gasteiger partial charge in [-0.3, -0.25) is 0 Å². The fraction of sp³-hybridized carbons (Fsp3) is 0.545. The first-order chi connectivity index (χ1) is 8.80. The standard InChI is InChI=1S/C11H12ClF2N5/c1-10(2)4-18(5-11(10,13)14)8-3-7(12)17-9-15-6-16-19(8)9/h3,6H,4-5H2,1-2H3. The van der Waals surface area contributed by atoms with Gasteiger partial charge < -0.3 is 4.90 Å². The molecular weight excluding hydrogens is 276 g/mol. The van der Waals surface area contributed by atoms with E-state index in [1.54, 1.807) is 18.7 Å². The molecule has 0 spiro atoms. The van der Waals surface area contributed by atoms with Crippen molar-refractivity contribution in [1.82, 2.24) is 19.6 Å². The minimum Gasteiger partial charge on any atom is -0.350 e. The molecule has 0 amide bonds. The van der Waals surface area contributed by atoms with Gasteiger partial charge in [-0.05, 0) is 0 Å². The highest BCUT2D eigenvalue weighted by Gasteiger charge is 2.54. The maximum atomic E-state index is 13.9. The third-order valence-corrected chi connectivity index (χ3v) is 3.69. The molecule has 0 N–H and O–H groups in total. The molecule has 5 nitrogen and oxygen atoms in total. The smallest absolute Gasteiger partial charge is 0.271 e. The topological polar surface area (TPSA) is 46.3 Å². The van der Waals surface area contributed by atoms with Crippen LogP contribution in [0.1, 0.15) is 13.8 Å². The van der Waals surface area contributed by atoms with Crippen molar-refractivity contribution in [2.24, 2.45) is 5.41 Å². The Balaban J connectivity index is 2.09. The van der Waals surface area contributed by atoms with Crippen molar-refractivity contribution in [1.29, 1.82) is 0 Å². The van der Waals surface area contributed by atoms with Gasteiger partial charge in [-0.25, -0.2) is 8.78 Å². The highest BCUT2D eigenvalue weighted by atomic mass is 35.5. The van der Waals surface area contributed by atoms with E-state index in [1.165, 1.54) is 16.9 Å². The Kier molecular flexibility index (Phi) is 2.47. The molecule has 0 aromatic carbocycles. The lowest BCUT2D eigenvalue weighted by molar-refractivity contribution is -0.0642. The maximum absolute atomic E-state index is 13.9. The summed E-state index contributed by atoms with van der Waals surface area (Å²) in [6.07, 6.45) is 1.32. The molecule has 3 rings (SSSR count). The molecule has 0 saturated carbocycles. The summed E-state index contributed by atoms with van der Waals surface area (Å²) in [6, 6.07) is 1.53. The second-order valence-corrected chi connectivity index (χ2v) is 5.74. The summed E-state index contributed by atoms with van der Waals surface area (Å²) in [5.74, 6) is -1.98. The molecule has 0 aliphatic carbocycles. The van der Waals surface area contributed by atoms with Crippen LogP contribution in [0.4, 0.5) is 14.6 Å². The molecule has 2 aromatic rings. The lowest BCUT2D eigenvalue weighted by Crippen LogP contribution is -2.34. The molecule has 1 saturated heterocycles. The Morgan fingerprint density at radius 3 is 2.68 bits per heavy atom. The minimum atomic E-state index is -2.77. The molecule has 3 heterocycles. The average Bonchev–Trinajstić information content (AvgIpc) is 2.80. The molecule has 102 valence electrons. The van der Waals surface area contributed by atoms with Crippen LogP contribution in [0.2, 0.25) is 5.15 Å². The summed E-state index contributed by atoms with van der Waals surface area (Å²) in [7, 11) is 0. The summed E-state index contributed by atoms with van der Waals surface area (Å²) in [4.78, 5) is 9.47. The predicted molar refractivity (Wildman–Crippen MR) is 66.7 cm³/mol. The van der Waals surface area contributed by atoms with Crippen LogP contribution in [0.15, 0.2) is 12.4 Å². The molecule has 0 unspecified atom stereocenters. The first-order valence-electron chi connectivity index (χ1n) is 5.79. The van der Waals surface area contributed by atoms with Crippen molar-refractivity contribution in [3.63, 3.8) is 0 Å². The highest BCUT2D eigenvalue weighted by molar-refractivity contribution is 6.29. The summed E-state index contributed by atoms with van der Waals surface area (Å²) in [5.41, 5.74) is -1.10. The van der Waals surface area contributed by atoms with Crippen molar-refractivity contribution >= 4 is 23.2 Å². The van der Waals surface area contributed by atoms with Gasteiger partial charge in [0, 0.05) is 18.0 Å². The molecule has 2 aromatic heterocycles. The van der Waals surface area contributed by atoms with Gasteiger partial charge in [-0.15, -0.1) is 0 Å². The second-order valence-electron chi connectivity index (χ2n) is 5.35. The Morgan fingerprint density at radius 1 is 1.32 bits per heavy atom. The number of halogens is 3. The van der Waals surface area contributed by atoms with E-state index in [0.29, 0.717) is 11.6 Å². The number of anilines is 1. The van der Waals surface area contributed by atoms with Crippen LogP contribution in [-0.4, -0.2) is 38.6 Å². The van der Waals surface area contributed by atoms with E-state index in [-0.39, 0.29) is 18.2 Å². The number of nitrogens with zero attached hydrogens (tertiary/aromatic N) is 5. The Labute approximate surface area is 113 Å². The third-order valence-electron chi connectivity index (χ3n) is 3.49. The summed E-state index contributed by atoms with van der Waals surface area (Å²) in [6.45, 7) is 2.95. The van der Waals surface area contributed by atoms with E-state index in [0.717, 1.165) is 0 Å². The quantitative estimate of drug-likeness (QED) is 0.755. The molecule has 1 aliphatic rings. The lowest BCUT2D eigenvalue weighted by Gasteiger charge is -2.24. The number of hydrogen-bond donors (Lipinski definition) is 0. The van der Waals surface area contributed by atoms with Crippen molar-refractivity contribution < 1.29 is 8.78 Å². The molecule has 0 radical (unpaired) electrons. The number of hydrogen-bond acceptors (Lipinski definition) is 4. The molecule has 0 bridgehead atoms. The van der Waals surface area contributed by atoms with E-state index in [9.17, 15) is 8.78 Å². The fourth-order valence-corrected chi connectivity index (χ4v) is 2.43. The van der Waals surface area contributed by atoms with Crippen LogP contribution in [0.25, 0.3) is 5.78 Å². The molecule has 19 heavy (non-hydrogen) atoms. The van der Waals surface area contributed by atoms with Crippen LogP contribution in [-0.2, 0) is 0 Å². The zero-order chi connectivity index (χ0) is 13.8. The van der Waals surface area contributed by atoms with Gasteiger partial charge >= 0.3 is 0 Å². The van der Waals surface area contributed by atoms with Crippen molar-refractivity contribution in [2.75, 3.05) is 18.0 Å². The Bertz CT molecular complexity index is 623. The van der Waals surface area contributed by atoms with Gasteiger partial charge in [0.25, 0.3) is 11.7 Å². The average molecular weight is 288 g/mol. The van der Waals surface area contributed by atoms with Gasteiger partial charge in [0.15, 0.2) is 0 Å². The van der Waals surface area contributed by atoms with Gasteiger partial charge in [-0.1, -0.05) is 25.4 Å². The van der Waals surface area contributed by atoms with Gasteiger partial charge in [0.2, 0.25) is 0 Å². The van der Waals surface area contributed by atoms with E-state index in [1.807, 2.05) is 0 Å². The normalized spacial score (nSPS) is 21.2. The third kappa shape index (κ3) is 1.83. The highest BCUT2D eigenvalue weighted by Crippen LogP contribution is 2.44. The second kappa shape index (κ2) is 3.75. The van der Waals surface area contributed by atoms with Crippen LogP contribution in [0.3, 0.4) is 0 Å². The molecule has 0 atom stereocenters. The van der Waals surface area contributed by atoms with E-state index >= 15 is 0 Å². The van der Waals surface area contributed by atoms with Crippen molar-refractivity contribution in [3.8, 4) is 0 Å². The van der Waals surface area contributed by atoms with Crippen LogP contribution in [0, 0.1) is 5.41 Å². The van der Waals surface area contributed by atoms with E-state index in [2.05, 4.69) is 15.1 Å². The van der Waals surface area contributed by atoms with Crippen molar-refractivity contribution in [3.05, 3.63) is 17.5 Å². The van der Waals surface area contributed by atoms with E-state index < -0.39 is 11.3 Å². The van der Waals surface area contributed by atoms with Gasteiger partial charge in [-0.2, -0.15) is 19.6 Å². The zero-order valence-electron chi connectivity index (χ0n) is 10.4. The number of alkyl halides is 2. The molecule has 1 aliphatic heterocycles. The van der Waals surface area contributed by atoms with Crippen LogP contribution < -0.4 is 4.90 Å². The van der Waals surface area contributed by atoms with E-state index in [4.69, 9.17) is 11.6 Å². The number of aromatic nitrogens is 4. The Morgan fingerprint density at radius 2 is 2.05 bits per heavy atom. The SMILES string of the molecule is CC1(C)CN(c2cc(Cl)nc3ncnn23)CC1(F)F. The Hall–Kier alpha value is -1.50. The molecular formula is C11H12ClF2N5. The molecule has 1 fully saturated rings. The van der Waals surface area contributed by atoms with Crippen LogP contribution >= 0.6 is 11.6 Å². The first-order valence-corrected chi connectivity index (χ1v) is 6.17. The zero-order valence-corrected chi connectivity index (χ0v) is 11.2. The lowest BCUT2D eigenvalue weighted by atomic mass is 9.89. The summed E-state index contributed by atoms with van der Waals surface area (Å²) in [5, 5.41) is 4.21. The maximum Gasteiger partial charge on any atom is 0.271 e. The predicted octanol–water partition coefficient (Wildman–Crippen LogP) is 2.26. The number of fused-ring (bicyclic) bond motifs is 1. The number of rotatable bonds is 1. The fourth-order valence-electron chi connectivity index (χ4n) is 2.26. The monoisotopic (exact) mass is 287 g/mol. The van der Waals surface area contributed by atoms with Crippen molar-refractivity contribution in [2.45, 2.75) is 19.8 Å².